The number of hydrogen-bond donors (Lipinski definition) is 1. The van der Waals surface area contributed by atoms with Crippen LogP contribution >= 0.6 is 28.1 Å². The van der Waals surface area contributed by atoms with Crippen molar-refractivity contribution in [2.24, 2.45) is 0 Å². The Morgan fingerprint density at radius 2 is 1.89 bits per heavy atom. The number of aromatic nitrogens is 1. The zero-order chi connectivity index (χ0) is 24.5. The van der Waals surface area contributed by atoms with Crippen LogP contribution in [0.2, 0.25) is 0 Å². The number of ether oxygens (including phenoxy) is 1. The van der Waals surface area contributed by atoms with E-state index in [2.05, 4.69) is 26.2 Å². The molecule has 4 aromatic rings. The lowest BCUT2D eigenvalue weighted by atomic mass is 10.0. The van der Waals surface area contributed by atoms with E-state index in [0.29, 0.717) is 21.1 Å². The normalized spacial score (nSPS) is 17.6. The van der Waals surface area contributed by atoms with E-state index in [0.717, 1.165) is 22.7 Å². The molecule has 1 aliphatic rings. The van der Waals surface area contributed by atoms with Crippen molar-refractivity contribution in [2.45, 2.75) is 32.0 Å². The highest BCUT2D eigenvalue weighted by Crippen LogP contribution is 2.43. The molecule has 35 heavy (non-hydrogen) atoms. The molecule has 0 bridgehead atoms. The van der Waals surface area contributed by atoms with E-state index in [-0.39, 0.29) is 24.0 Å². The predicted octanol–water partition coefficient (Wildman–Crippen LogP) is 7.21. The van der Waals surface area contributed by atoms with Crippen LogP contribution in [0.25, 0.3) is 11.3 Å². The third-order valence-corrected chi connectivity index (χ3v) is 6.67. The highest BCUT2D eigenvalue weighted by Gasteiger charge is 2.42. The van der Waals surface area contributed by atoms with Crippen LogP contribution in [0.5, 0.6) is 5.75 Å². The number of anilines is 1. The first-order valence-corrected chi connectivity index (χ1v) is 12.4. The fourth-order valence-corrected chi connectivity index (χ4v) is 5.12. The average molecular weight is 552 g/mol. The van der Waals surface area contributed by atoms with Crippen molar-refractivity contribution in [3.8, 4) is 17.1 Å². The maximum Gasteiger partial charge on any atom is 0.174 e. The third kappa shape index (κ3) is 4.81. The number of thiocarbonyl (C=S) groups is 1. The number of furan rings is 1. The van der Waals surface area contributed by atoms with E-state index in [1.165, 1.54) is 12.1 Å². The monoisotopic (exact) mass is 551 g/mol. The zero-order valence-electron chi connectivity index (χ0n) is 19.1. The van der Waals surface area contributed by atoms with E-state index in [1.54, 1.807) is 12.3 Å². The van der Waals surface area contributed by atoms with Crippen LogP contribution in [0.3, 0.4) is 0 Å². The molecule has 0 spiro atoms. The smallest absolute Gasteiger partial charge is 0.174 e. The van der Waals surface area contributed by atoms with Crippen LogP contribution < -0.4 is 15.0 Å². The molecule has 1 aliphatic heterocycles. The van der Waals surface area contributed by atoms with E-state index < -0.39 is 0 Å². The summed E-state index contributed by atoms with van der Waals surface area (Å²) in [4.78, 5) is 6.61. The van der Waals surface area contributed by atoms with Gasteiger partial charge in [-0.3, -0.25) is 4.98 Å². The van der Waals surface area contributed by atoms with Crippen molar-refractivity contribution in [3.05, 3.63) is 101 Å². The molecule has 178 valence electrons. The maximum absolute atomic E-state index is 13.6. The fraction of sp³-hybridized carbons (Fsp3) is 0.185. The summed E-state index contributed by atoms with van der Waals surface area (Å²) >= 11 is 9.22. The van der Waals surface area contributed by atoms with Crippen LogP contribution in [0.4, 0.5) is 10.1 Å². The van der Waals surface area contributed by atoms with Gasteiger partial charge in [-0.05, 0) is 109 Å². The molecule has 1 N–H and O–H groups in total. The van der Waals surface area contributed by atoms with E-state index in [9.17, 15) is 4.39 Å². The second-order valence-electron chi connectivity index (χ2n) is 8.48. The molecular weight excluding hydrogens is 529 g/mol. The first-order chi connectivity index (χ1) is 16.9. The molecule has 2 unspecified atom stereocenters. The number of rotatable bonds is 6. The molecule has 0 radical (unpaired) electrons. The van der Waals surface area contributed by atoms with Crippen molar-refractivity contribution in [1.29, 1.82) is 0 Å². The zero-order valence-corrected chi connectivity index (χ0v) is 21.5. The summed E-state index contributed by atoms with van der Waals surface area (Å²) < 4.78 is 26.4. The third-order valence-electron chi connectivity index (χ3n) is 5.70. The SMILES string of the molecule is CC(C)Oc1ccc(N2C(=S)NC(c3ccccn3)C2c2ccc(-c3ccc(F)cc3Br)o2)cc1. The van der Waals surface area contributed by atoms with Gasteiger partial charge in [-0.1, -0.05) is 6.07 Å². The van der Waals surface area contributed by atoms with E-state index in [4.69, 9.17) is 21.4 Å². The van der Waals surface area contributed by atoms with Crippen molar-refractivity contribution in [3.63, 3.8) is 0 Å². The molecule has 1 fully saturated rings. The summed E-state index contributed by atoms with van der Waals surface area (Å²) in [6, 6.07) is 21.5. The van der Waals surface area contributed by atoms with Gasteiger partial charge in [-0.2, -0.15) is 0 Å². The Morgan fingerprint density at radius 1 is 1.09 bits per heavy atom. The van der Waals surface area contributed by atoms with Gasteiger partial charge in [0.25, 0.3) is 0 Å². The Kier molecular flexibility index (Phi) is 6.58. The molecule has 3 heterocycles. The van der Waals surface area contributed by atoms with Gasteiger partial charge in [0.15, 0.2) is 5.11 Å². The van der Waals surface area contributed by atoms with Crippen molar-refractivity contribution >= 4 is 38.9 Å². The minimum absolute atomic E-state index is 0.0870. The molecule has 2 aromatic carbocycles. The Hall–Kier alpha value is -3.23. The van der Waals surface area contributed by atoms with Crippen LogP contribution in [0.15, 0.2) is 87.9 Å². The second-order valence-corrected chi connectivity index (χ2v) is 9.72. The van der Waals surface area contributed by atoms with Crippen LogP contribution in [-0.2, 0) is 0 Å². The Balaban J connectivity index is 1.56. The van der Waals surface area contributed by atoms with Gasteiger partial charge in [0.1, 0.15) is 29.1 Å². The number of benzene rings is 2. The Labute approximate surface area is 217 Å². The molecule has 5 rings (SSSR count). The summed E-state index contributed by atoms with van der Waals surface area (Å²) in [5.74, 6) is 1.82. The van der Waals surface area contributed by atoms with Crippen molar-refractivity contribution in [1.82, 2.24) is 10.3 Å². The molecule has 2 aromatic heterocycles. The van der Waals surface area contributed by atoms with Crippen LogP contribution in [0, 0.1) is 5.82 Å². The van der Waals surface area contributed by atoms with E-state index in [1.807, 2.05) is 73.3 Å². The summed E-state index contributed by atoms with van der Waals surface area (Å²) in [6.07, 6.45) is 1.85. The Morgan fingerprint density at radius 3 is 2.57 bits per heavy atom. The molecule has 8 heteroatoms. The van der Waals surface area contributed by atoms with Gasteiger partial charge in [-0.25, -0.2) is 4.39 Å². The maximum atomic E-state index is 13.6. The summed E-state index contributed by atoms with van der Waals surface area (Å²) in [5.41, 5.74) is 2.52. The highest BCUT2D eigenvalue weighted by atomic mass is 79.9. The van der Waals surface area contributed by atoms with Gasteiger partial charge in [0, 0.05) is 21.9 Å². The van der Waals surface area contributed by atoms with Gasteiger partial charge >= 0.3 is 0 Å². The lowest BCUT2D eigenvalue weighted by molar-refractivity contribution is 0.242. The first kappa shape index (κ1) is 23.5. The fourth-order valence-electron chi connectivity index (χ4n) is 4.23. The lowest BCUT2D eigenvalue weighted by Crippen LogP contribution is -2.29. The standard InChI is InChI=1S/C27H23BrFN3O2S/c1-16(2)33-19-9-7-18(8-10-19)32-26(25(31-27(32)35)22-5-3-4-14-30-22)24-13-12-23(34-24)20-11-6-17(29)15-21(20)28/h3-16,25-26H,1-2H3,(H,31,35). The minimum atomic E-state index is -0.316. The van der Waals surface area contributed by atoms with Gasteiger partial charge in [0.05, 0.1) is 17.8 Å². The predicted molar refractivity (Wildman–Crippen MR) is 142 cm³/mol. The molecule has 0 aliphatic carbocycles. The molecule has 0 amide bonds. The number of nitrogens with zero attached hydrogens (tertiary/aromatic N) is 2. The first-order valence-electron chi connectivity index (χ1n) is 11.2. The number of hydrogen-bond acceptors (Lipinski definition) is 4. The second kappa shape index (κ2) is 9.79. The number of halogens is 2. The summed E-state index contributed by atoms with van der Waals surface area (Å²) in [5, 5.41) is 4.00. The van der Waals surface area contributed by atoms with Gasteiger partial charge in [0.2, 0.25) is 0 Å². The van der Waals surface area contributed by atoms with Crippen molar-refractivity contribution in [2.75, 3.05) is 4.90 Å². The average Bonchev–Trinajstić information content (AvgIpc) is 3.44. The summed E-state index contributed by atoms with van der Waals surface area (Å²) in [7, 11) is 0. The van der Waals surface area contributed by atoms with Crippen LogP contribution in [-0.4, -0.2) is 16.2 Å². The number of pyridine rings is 1. The molecule has 0 saturated carbocycles. The van der Waals surface area contributed by atoms with Crippen LogP contribution in [0.1, 0.15) is 37.4 Å². The van der Waals surface area contributed by atoms with Crippen molar-refractivity contribution < 1.29 is 13.5 Å². The lowest BCUT2D eigenvalue weighted by Gasteiger charge is -2.26. The molecule has 1 saturated heterocycles. The molecule has 2 atom stereocenters. The molecular formula is C27H23BrFN3O2S. The largest absolute Gasteiger partial charge is 0.491 e. The summed E-state index contributed by atoms with van der Waals surface area (Å²) in [6.45, 7) is 3.99. The quantitative estimate of drug-likeness (QED) is 0.255. The minimum Gasteiger partial charge on any atom is -0.491 e. The van der Waals surface area contributed by atoms with Gasteiger partial charge in [-0.15, -0.1) is 0 Å². The Bertz CT molecular complexity index is 1340. The topological polar surface area (TPSA) is 50.5 Å². The molecule has 5 nitrogen and oxygen atoms in total. The number of nitrogens with one attached hydrogen (secondary N) is 1. The van der Waals surface area contributed by atoms with E-state index >= 15 is 0 Å². The van der Waals surface area contributed by atoms with Gasteiger partial charge < -0.3 is 19.4 Å². The highest BCUT2D eigenvalue weighted by molar-refractivity contribution is 9.10.